The van der Waals surface area contributed by atoms with E-state index in [0.29, 0.717) is 17.5 Å². The molecule has 0 saturated carbocycles. The number of ether oxygens (including phenoxy) is 1. The fraction of sp³-hybridized carbons (Fsp3) is 0.154. The third-order valence-electron chi connectivity index (χ3n) is 2.88. The van der Waals surface area contributed by atoms with Crippen LogP contribution < -0.4 is 20.7 Å². The first-order valence-electron chi connectivity index (χ1n) is 6.28. The molecular formula is C13H11F2N5O2. The Balaban J connectivity index is 1.85. The number of hydrogen-bond acceptors (Lipinski definition) is 6. The zero-order chi connectivity index (χ0) is 15.7. The second-order valence-electron chi connectivity index (χ2n) is 4.42. The summed E-state index contributed by atoms with van der Waals surface area (Å²) in [5, 5.41) is 7.87. The lowest BCUT2D eigenvalue weighted by atomic mass is 10.2. The number of nitrogens with one attached hydrogen (secondary N) is 3. The molecule has 1 aromatic carbocycles. The number of amides is 1. The highest BCUT2D eigenvalue weighted by atomic mass is 19.3. The van der Waals surface area contributed by atoms with Crippen molar-refractivity contribution in [1.29, 1.82) is 0 Å². The van der Waals surface area contributed by atoms with Gasteiger partial charge in [-0.2, -0.15) is 13.8 Å². The molecule has 0 atom stereocenters. The summed E-state index contributed by atoms with van der Waals surface area (Å²) in [6.45, 7) is 0. The minimum atomic E-state index is -3.86. The van der Waals surface area contributed by atoms with Crippen LogP contribution in [0.3, 0.4) is 0 Å². The summed E-state index contributed by atoms with van der Waals surface area (Å²) in [6.07, 6.45) is -2.30. The van der Waals surface area contributed by atoms with Gasteiger partial charge in [-0.1, -0.05) is 0 Å². The molecule has 0 saturated heterocycles. The largest absolute Gasteiger partial charge is 0.482 e. The quantitative estimate of drug-likeness (QED) is 0.805. The van der Waals surface area contributed by atoms with Crippen LogP contribution in [0.2, 0.25) is 0 Å². The summed E-state index contributed by atoms with van der Waals surface area (Å²) in [7, 11) is 1.69. The first kappa shape index (κ1) is 14.0. The molecule has 22 heavy (non-hydrogen) atoms. The number of hydrogen-bond donors (Lipinski definition) is 3. The predicted molar refractivity (Wildman–Crippen MR) is 75.5 cm³/mol. The summed E-state index contributed by atoms with van der Waals surface area (Å²) in [4.78, 5) is 19.3. The summed E-state index contributed by atoms with van der Waals surface area (Å²) < 4.78 is 30.6. The van der Waals surface area contributed by atoms with E-state index >= 15 is 0 Å². The molecule has 3 rings (SSSR count). The van der Waals surface area contributed by atoms with E-state index in [9.17, 15) is 13.6 Å². The highest BCUT2D eigenvalue weighted by Gasteiger charge is 2.46. The molecule has 1 amide bonds. The van der Waals surface area contributed by atoms with Gasteiger partial charge in [0.25, 0.3) is 0 Å². The highest BCUT2D eigenvalue weighted by Crippen LogP contribution is 2.37. The van der Waals surface area contributed by atoms with Crippen molar-refractivity contribution in [2.24, 2.45) is 0 Å². The van der Waals surface area contributed by atoms with Gasteiger partial charge in [0.05, 0.1) is 5.69 Å². The van der Waals surface area contributed by atoms with E-state index in [4.69, 9.17) is 0 Å². The van der Waals surface area contributed by atoms with E-state index in [1.54, 1.807) is 19.3 Å². The minimum absolute atomic E-state index is 0.103. The Morgan fingerprint density at radius 2 is 2.14 bits per heavy atom. The Morgan fingerprint density at radius 1 is 1.32 bits per heavy atom. The number of carbonyl (C=O) groups excluding carboxylic acids is 1. The summed E-state index contributed by atoms with van der Waals surface area (Å²) in [6, 6.07) is 5.99. The lowest BCUT2D eigenvalue weighted by Crippen LogP contribution is -2.43. The number of nitrogens with zero attached hydrogens (tertiary/aromatic N) is 2. The monoisotopic (exact) mass is 307 g/mol. The van der Waals surface area contributed by atoms with Crippen LogP contribution in [0.4, 0.5) is 31.9 Å². The topological polar surface area (TPSA) is 88.2 Å². The van der Waals surface area contributed by atoms with Crippen LogP contribution in [0.25, 0.3) is 0 Å². The van der Waals surface area contributed by atoms with Gasteiger partial charge in [0.2, 0.25) is 5.95 Å². The fourth-order valence-electron chi connectivity index (χ4n) is 1.87. The van der Waals surface area contributed by atoms with Crippen molar-refractivity contribution in [1.82, 2.24) is 9.97 Å². The van der Waals surface area contributed by atoms with E-state index in [1.165, 1.54) is 18.2 Å². The van der Waals surface area contributed by atoms with Gasteiger partial charge in [0.15, 0.2) is 5.75 Å². The van der Waals surface area contributed by atoms with Crippen molar-refractivity contribution in [3.05, 3.63) is 30.5 Å². The van der Waals surface area contributed by atoms with Crippen molar-refractivity contribution in [2.45, 2.75) is 6.11 Å². The van der Waals surface area contributed by atoms with Crippen LogP contribution >= 0.6 is 0 Å². The Bertz CT molecular complexity index is 738. The first-order chi connectivity index (χ1) is 10.5. The zero-order valence-corrected chi connectivity index (χ0v) is 11.4. The molecule has 2 aromatic rings. The fourth-order valence-corrected chi connectivity index (χ4v) is 1.87. The summed E-state index contributed by atoms with van der Waals surface area (Å²) >= 11 is 0. The molecule has 0 bridgehead atoms. The van der Waals surface area contributed by atoms with Gasteiger partial charge in [-0.05, 0) is 24.3 Å². The Morgan fingerprint density at radius 3 is 2.91 bits per heavy atom. The van der Waals surface area contributed by atoms with E-state index in [1.807, 2.05) is 0 Å². The normalized spacial score (nSPS) is 15.3. The second kappa shape index (κ2) is 5.10. The van der Waals surface area contributed by atoms with Crippen LogP contribution in [0.5, 0.6) is 5.75 Å². The molecule has 9 heteroatoms. The summed E-state index contributed by atoms with van der Waals surface area (Å²) in [5.41, 5.74) is 0.706. The van der Waals surface area contributed by atoms with Gasteiger partial charge in [-0.25, -0.2) is 4.98 Å². The Labute approximate surface area is 123 Å². The number of halogens is 2. The molecule has 0 fully saturated rings. The minimum Gasteiger partial charge on any atom is -0.423 e. The maximum Gasteiger partial charge on any atom is 0.482 e. The molecule has 1 aromatic heterocycles. The number of alkyl halides is 2. The highest BCUT2D eigenvalue weighted by molar-refractivity contribution is 5.99. The van der Waals surface area contributed by atoms with Crippen molar-refractivity contribution in [3.63, 3.8) is 0 Å². The van der Waals surface area contributed by atoms with Gasteiger partial charge >= 0.3 is 12.0 Å². The SMILES string of the molecule is CNc1nccc(Nc2ccc3c(c2)NC(=O)C(F)(F)O3)n1. The molecule has 7 nitrogen and oxygen atoms in total. The van der Waals surface area contributed by atoms with Gasteiger partial charge in [-0.3, -0.25) is 4.79 Å². The standard InChI is InChI=1S/C13H11F2N5O2/c1-16-12-17-5-4-10(20-12)18-7-2-3-9-8(6-7)19-11(21)13(14,15)22-9/h2-6H,1H3,(H,19,21)(H2,16,17,18,20). The lowest BCUT2D eigenvalue weighted by molar-refractivity contribution is -0.189. The number of benzene rings is 1. The van der Waals surface area contributed by atoms with E-state index in [-0.39, 0.29) is 11.4 Å². The summed E-state index contributed by atoms with van der Waals surface area (Å²) in [5.74, 6) is -0.669. The molecule has 1 aliphatic heterocycles. The van der Waals surface area contributed by atoms with Gasteiger partial charge < -0.3 is 20.7 Å². The number of carbonyl (C=O) groups is 1. The van der Waals surface area contributed by atoms with Crippen LogP contribution in [-0.4, -0.2) is 29.0 Å². The molecule has 114 valence electrons. The maximum atomic E-state index is 13.1. The molecule has 0 aliphatic carbocycles. The molecule has 3 N–H and O–H groups in total. The number of anilines is 4. The van der Waals surface area contributed by atoms with E-state index in [0.717, 1.165) is 0 Å². The number of aromatic nitrogens is 2. The molecule has 0 unspecified atom stereocenters. The van der Waals surface area contributed by atoms with Gasteiger partial charge in [0.1, 0.15) is 5.82 Å². The third kappa shape index (κ3) is 2.60. The molecule has 0 radical (unpaired) electrons. The molecular weight excluding hydrogens is 296 g/mol. The van der Waals surface area contributed by atoms with E-state index in [2.05, 4.69) is 30.7 Å². The molecule has 0 spiro atoms. The molecule has 1 aliphatic rings. The van der Waals surface area contributed by atoms with Crippen LogP contribution in [0.15, 0.2) is 30.5 Å². The van der Waals surface area contributed by atoms with Crippen LogP contribution in [0, 0.1) is 0 Å². The van der Waals surface area contributed by atoms with E-state index < -0.39 is 12.0 Å². The Kier molecular flexibility index (Phi) is 3.24. The smallest absolute Gasteiger partial charge is 0.423 e. The first-order valence-corrected chi connectivity index (χ1v) is 6.28. The number of fused-ring (bicyclic) bond motifs is 1. The predicted octanol–water partition coefficient (Wildman–Crippen LogP) is 2.19. The van der Waals surface area contributed by atoms with Crippen molar-refractivity contribution in [3.8, 4) is 5.75 Å². The maximum absolute atomic E-state index is 13.1. The van der Waals surface area contributed by atoms with Crippen molar-refractivity contribution < 1.29 is 18.3 Å². The zero-order valence-electron chi connectivity index (χ0n) is 11.4. The lowest BCUT2D eigenvalue weighted by Gasteiger charge is -2.25. The van der Waals surface area contributed by atoms with Crippen LogP contribution in [0.1, 0.15) is 0 Å². The van der Waals surface area contributed by atoms with Gasteiger partial charge in [-0.15, -0.1) is 0 Å². The van der Waals surface area contributed by atoms with Crippen molar-refractivity contribution >= 4 is 29.0 Å². The third-order valence-corrected chi connectivity index (χ3v) is 2.88. The Hall–Kier alpha value is -2.97. The molecule has 2 heterocycles. The van der Waals surface area contributed by atoms with Gasteiger partial charge in [0, 0.05) is 18.9 Å². The average Bonchev–Trinajstić information content (AvgIpc) is 2.49. The number of rotatable bonds is 3. The second-order valence-corrected chi connectivity index (χ2v) is 4.42. The average molecular weight is 307 g/mol. The van der Waals surface area contributed by atoms with Crippen molar-refractivity contribution in [2.75, 3.05) is 23.0 Å². The van der Waals surface area contributed by atoms with Crippen LogP contribution in [-0.2, 0) is 4.79 Å².